The Morgan fingerprint density at radius 2 is 1.91 bits per heavy atom. The van der Waals surface area contributed by atoms with Gasteiger partial charge in [0.15, 0.2) is 6.61 Å². The number of para-hydroxylation sites is 2. The van der Waals surface area contributed by atoms with Crippen molar-refractivity contribution in [1.82, 2.24) is 10.7 Å². The Labute approximate surface area is 191 Å². The highest BCUT2D eigenvalue weighted by molar-refractivity contribution is 6.35. The highest BCUT2D eigenvalue weighted by atomic mass is 16.5. The van der Waals surface area contributed by atoms with Gasteiger partial charge >= 0.3 is 11.8 Å². The van der Waals surface area contributed by atoms with Crippen molar-refractivity contribution >= 4 is 29.6 Å². The van der Waals surface area contributed by atoms with E-state index in [1.165, 1.54) is 13.3 Å². The molecule has 0 aromatic heterocycles. The fraction of sp³-hybridized carbons (Fsp3) is 0.304. The van der Waals surface area contributed by atoms with E-state index in [1.54, 1.807) is 42.5 Å². The number of rotatable bonds is 9. The normalized spacial score (nSPS) is 15.1. The van der Waals surface area contributed by atoms with Crippen molar-refractivity contribution in [1.29, 1.82) is 0 Å². The number of nitrogens with zero attached hydrogens (tertiary/aromatic N) is 1. The minimum Gasteiger partial charge on any atom is -0.495 e. The number of hydrogen-bond donors (Lipinski definition) is 3. The first-order valence-electron chi connectivity index (χ1n) is 10.4. The molecule has 0 saturated carbocycles. The molecule has 0 bridgehead atoms. The van der Waals surface area contributed by atoms with Gasteiger partial charge in [0.25, 0.3) is 5.91 Å². The van der Waals surface area contributed by atoms with E-state index in [1.807, 2.05) is 6.07 Å². The van der Waals surface area contributed by atoms with Crippen LogP contribution in [0.3, 0.4) is 0 Å². The summed E-state index contributed by atoms with van der Waals surface area (Å²) in [5.74, 6) is -0.907. The third-order valence-electron chi connectivity index (χ3n) is 4.73. The molecule has 0 unspecified atom stereocenters. The Morgan fingerprint density at radius 1 is 1.12 bits per heavy atom. The number of hydrazone groups is 1. The smallest absolute Gasteiger partial charge is 0.329 e. The molecule has 33 heavy (non-hydrogen) atoms. The van der Waals surface area contributed by atoms with Crippen molar-refractivity contribution in [3.63, 3.8) is 0 Å². The van der Waals surface area contributed by atoms with Gasteiger partial charge in [0.1, 0.15) is 11.5 Å². The topological polar surface area (TPSA) is 127 Å². The van der Waals surface area contributed by atoms with E-state index >= 15 is 0 Å². The zero-order valence-electron chi connectivity index (χ0n) is 18.2. The van der Waals surface area contributed by atoms with Crippen molar-refractivity contribution in [2.75, 3.05) is 32.2 Å². The lowest BCUT2D eigenvalue weighted by molar-refractivity contribution is -0.139. The van der Waals surface area contributed by atoms with Crippen molar-refractivity contribution in [3.8, 4) is 11.5 Å². The molecule has 1 fully saturated rings. The second-order valence-corrected chi connectivity index (χ2v) is 7.15. The first-order valence-corrected chi connectivity index (χ1v) is 10.4. The van der Waals surface area contributed by atoms with Gasteiger partial charge in [0, 0.05) is 13.2 Å². The monoisotopic (exact) mass is 454 g/mol. The average molecular weight is 454 g/mol. The molecule has 1 aliphatic rings. The lowest BCUT2D eigenvalue weighted by Gasteiger charge is -2.10. The van der Waals surface area contributed by atoms with Crippen molar-refractivity contribution in [2.24, 2.45) is 5.10 Å². The van der Waals surface area contributed by atoms with Crippen LogP contribution in [0.4, 0.5) is 5.69 Å². The quantitative estimate of drug-likeness (QED) is 0.299. The van der Waals surface area contributed by atoms with Gasteiger partial charge in [-0.15, -0.1) is 0 Å². The zero-order chi connectivity index (χ0) is 23.5. The van der Waals surface area contributed by atoms with Crippen LogP contribution in [0.25, 0.3) is 0 Å². The summed E-state index contributed by atoms with van der Waals surface area (Å²) in [5.41, 5.74) is 3.40. The number of methoxy groups -OCH3 is 1. The lowest BCUT2D eigenvalue weighted by atomic mass is 10.2. The van der Waals surface area contributed by atoms with E-state index in [0.717, 1.165) is 12.8 Å². The minimum atomic E-state index is -0.856. The van der Waals surface area contributed by atoms with Crippen LogP contribution in [0.15, 0.2) is 53.6 Å². The molecule has 3 N–H and O–H groups in total. The molecule has 10 heteroatoms. The number of ether oxygens (including phenoxy) is 3. The number of hydrogen-bond acceptors (Lipinski definition) is 7. The minimum absolute atomic E-state index is 0.0433. The molecule has 0 aliphatic carbocycles. The van der Waals surface area contributed by atoms with Crippen LogP contribution < -0.4 is 25.5 Å². The third-order valence-corrected chi connectivity index (χ3v) is 4.73. The van der Waals surface area contributed by atoms with E-state index < -0.39 is 11.8 Å². The fourth-order valence-corrected chi connectivity index (χ4v) is 3.04. The third kappa shape index (κ3) is 7.62. The van der Waals surface area contributed by atoms with Gasteiger partial charge in [-0.05, 0) is 54.8 Å². The van der Waals surface area contributed by atoms with Crippen LogP contribution in [0, 0.1) is 0 Å². The SMILES string of the molecule is COc1ccccc1NC(=O)COc1ccc(/C=N\NC(=O)C(=O)NC[C@H]2CCCO2)cc1. The molecule has 2 aromatic rings. The lowest BCUT2D eigenvalue weighted by Crippen LogP contribution is -2.41. The van der Waals surface area contributed by atoms with Gasteiger partial charge in [0.05, 0.1) is 25.1 Å². The maximum Gasteiger partial charge on any atom is 0.329 e. The Balaban J connectivity index is 1.39. The Bertz CT molecular complexity index is 987. The van der Waals surface area contributed by atoms with Crippen LogP contribution in [0.1, 0.15) is 18.4 Å². The van der Waals surface area contributed by atoms with Crippen LogP contribution in [-0.4, -0.2) is 56.9 Å². The molecule has 3 rings (SSSR count). The summed E-state index contributed by atoms with van der Waals surface area (Å²) in [5, 5.41) is 9.02. The van der Waals surface area contributed by atoms with Crippen molar-refractivity contribution in [2.45, 2.75) is 18.9 Å². The van der Waals surface area contributed by atoms with Gasteiger partial charge < -0.3 is 24.8 Å². The van der Waals surface area contributed by atoms with E-state index in [9.17, 15) is 14.4 Å². The second kappa shape index (κ2) is 12.2. The van der Waals surface area contributed by atoms with Gasteiger partial charge in [-0.2, -0.15) is 5.10 Å². The maximum atomic E-state index is 12.1. The van der Waals surface area contributed by atoms with Crippen molar-refractivity contribution < 1.29 is 28.6 Å². The molecule has 2 aromatic carbocycles. The summed E-state index contributed by atoms with van der Waals surface area (Å²) in [6.45, 7) is 0.799. The molecular formula is C23H26N4O6. The van der Waals surface area contributed by atoms with E-state index in [-0.39, 0.29) is 18.6 Å². The van der Waals surface area contributed by atoms with Crippen LogP contribution in [0.2, 0.25) is 0 Å². The average Bonchev–Trinajstić information content (AvgIpc) is 3.36. The Morgan fingerprint density at radius 3 is 2.64 bits per heavy atom. The Kier molecular flexibility index (Phi) is 8.78. The van der Waals surface area contributed by atoms with E-state index in [4.69, 9.17) is 14.2 Å². The zero-order valence-corrected chi connectivity index (χ0v) is 18.2. The summed E-state index contributed by atoms with van der Waals surface area (Å²) in [6, 6.07) is 13.8. The summed E-state index contributed by atoms with van der Waals surface area (Å²) >= 11 is 0. The number of amides is 3. The predicted octanol–water partition coefficient (Wildman–Crippen LogP) is 1.46. The molecule has 174 valence electrons. The molecule has 10 nitrogen and oxygen atoms in total. The summed E-state index contributed by atoms with van der Waals surface area (Å²) in [4.78, 5) is 35.6. The largest absolute Gasteiger partial charge is 0.495 e. The molecule has 1 aliphatic heterocycles. The summed E-state index contributed by atoms with van der Waals surface area (Å²) in [7, 11) is 1.53. The fourth-order valence-electron chi connectivity index (χ4n) is 3.04. The number of benzene rings is 2. The van der Waals surface area contributed by atoms with Crippen LogP contribution in [-0.2, 0) is 19.1 Å². The summed E-state index contributed by atoms with van der Waals surface area (Å²) in [6.07, 6.45) is 3.17. The first-order chi connectivity index (χ1) is 16.0. The number of anilines is 1. The number of nitrogens with one attached hydrogen (secondary N) is 3. The summed E-state index contributed by atoms with van der Waals surface area (Å²) < 4.78 is 16.1. The molecule has 1 heterocycles. The van der Waals surface area contributed by atoms with E-state index in [0.29, 0.717) is 35.9 Å². The van der Waals surface area contributed by atoms with Gasteiger partial charge in [-0.1, -0.05) is 12.1 Å². The predicted molar refractivity (Wildman–Crippen MR) is 121 cm³/mol. The molecule has 0 radical (unpaired) electrons. The highest BCUT2D eigenvalue weighted by Gasteiger charge is 2.18. The first kappa shape index (κ1) is 23.7. The maximum absolute atomic E-state index is 12.1. The molecule has 0 spiro atoms. The number of carbonyl (C=O) groups is 3. The highest BCUT2D eigenvalue weighted by Crippen LogP contribution is 2.22. The van der Waals surface area contributed by atoms with Crippen molar-refractivity contribution in [3.05, 3.63) is 54.1 Å². The Hall–Kier alpha value is -3.92. The van der Waals surface area contributed by atoms with Gasteiger partial charge in [0.2, 0.25) is 0 Å². The second-order valence-electron chi connectivity index (χ2n) is 7.15. The van der Waals surface area contributed by atoms with Crippen LogP contribution >= 0.6 is 0 Å². The van der Waals surface area contributed by atoms with Crippen LogP contribution in [0.5, 0.6) is 11.5 Å². The standard InChI is InChI=1S/C23H26N4O6/c1-31-20-7-3-2-6-19(20)26-21(28)15-33-17-10-8-16(9-11-17)13-25-27-23(30)22(29)24-14-18-5-4-12-32-18/h2-3,6-11,13,18H,4-5,12,14-15H2,1H3,(H,24,29)(H,26,28)(H,27,30)/b25-13-/t18-/m1/s1. The molecule has 1 saturated heterocycles. The molecular weight excluding hydrogens is 428 g/mol. The molecule has 1 atom stereocenters. The van der Waals surface area contributed by atoms with E-state index in [2.05, 4.69) is 21.2 Å². The van der Waals surface area contributed by atoms with Gasteiger partial charge in [-0.3, -0.25) is 14.4 Å². The number of carbonyl (C=O) groups excluding carboxylic acids is 3. The molecule has 3 amide bonds. The van der Waals surface area contributed by atoms with Gasteiger partial charge in [-0.25, -0.2) is 5.43 Å².